The lowest BCUT2D eigenvalue weighted by atomic mass is 10.1. The SMILES string of the molecule is COc1cccc(-c2ncnc(N)c2[N+](=O)[O-])c1OC. The first kappa shape index (κ1) is 13.5. The van der Waals surface area contributed by atoms with E-state index >= 15 is 0 Å². The molecule has 20 heavy (non-hydrogen) atoms. The molecule has 0 unspecified atom stereocenters. The second-order valence-electron chi connectivity index (χ2n) is 3.75. The van der Waals surface area contributed by atoms with Crippen LogP contribution in [-0.4, -0.2) is 29.1 Å². The Hall–Kier alpha value is -2.90. The summed E-state index contributed by atoms with van der Waals surface area (Å²) in [6.45, 7) is 0. The van der Waals surface area contributed by atoms with Crippen LogP contribution in [0, 0.1) is 10.1 Å². The lowest BCUT2D eigenvalue weighted by Gasteiger charge is -2.12. The highest BCUT2D eigenvalue weighted by Gasteiger charge is 2.25. The number of hydrogen-bond donors (Lipinski definition) is 1. The smallest absolute Gasteiger partial charge is 0.337 e. The summed E-state index contributed by atoms with van der Waals surface area (Å²) >= 11 is 0. The Morgan fingerprint density at radius 3 is 2.60 bits per heavy atom. The monoisotopic (exact) mass is 276 g/mol. The molecule has 0 fully saturated rings. The summed E-state index contributed by atoms with van der Waals surface area (Å²) < 4.78 is 10.4. The van der Waals surface area contributed by atoms with Gasteiger partial charge in [0, 0.05) is 0 Å². The van der Waals surface area contributed by atoms with Crippen molar-refractivity contribution in [3.63, 3.8) is 0 Å². The van der Waals surface area contributed by atoms with Crippen molar-refractivity contribution in [2.75, 3.05) is 20.0 Å². The van der Waals surface area contributed by atoms with Crippen LogP contribution in [0.3, 0.4) is 0 Å². The highest BCUT2D eigenvalue weighted by atomic mass is 16.6. The number of para-hydroxylation sites is 1. The molecule has 0 atom stereocenters. The van der Waals surface area contributed by atoms with Gasteiger partial charge in [-0.2, -0.15) is 0 Å². The number of aromatic nitrogens is 2. The van der Waals surface area contributed by atoms with Gasteiger partial charge in [-0.15, -0.1) is 0 Å². The predicted molar refractivity (Wildman–Crippen MR) is 71.6 cm³/mol. The molecule has 8 heteroatoms. The van der Waals surface area contributed by atoms with Crippen LogP contribution in [0.4, 0.5) is 11.5 Å². The van der Waals surface area contributed by atoms with Crippen molar-refractivity contribution in [1.82, 2.24) is 9.97 Å². The molecule has 0 aliphatic rings. The summed E-state index contributed by atoms with van der Waals surface area (Å²) in [6.07, 6.45) is 1.16. The minimum absolute atomic E-state index is 0.0817. The fourth-order valence-corrected chi connectivity index (χ4v) is 1.84. The first-order valence-corrected chi connectivity index (χ1v) is 5.56. The van der Waals surface area contributed by atoms with Gasteiger partial charge < -0.3 is 15.2 Å². The van der Waals surface area contributed by atoms with Gasteiger partial charge in [0.25, 0.3) is 0 Å². The maximum atomic E-state index is 11.1. The lowest BCUT2D eigenvalue weighted by molar-refractivity contribution is -0.383. The summed E-state index contributed by atoms with van der Waals surface area (Å²) in [4.78, 5) is 18.1. The zero-order valence-electron chi connectivity index (χ0n) is 10.9. The van der Waals surface area contributed by atoms with E-state index in [2.05, 4.69) is 9.97 Å². The molecule has 2 N–H and O–H groups in total. The third-order valence-electron chi connectivity index (χ3n) is 2.69. The van der Waals surface area contributed by atoms with E-state index in [1.807, 2.05) is 0 Å². The van der Waals surface area contributed by atoms with Crippen LogP contribution in [0.15, 0.2) is 24.5 Å². The Balaban J connectivity index is 2.75. The molecule has 0 saturated heterocycles. The van der Waals surface area contributed by atoms with Crippen LogP contribution in [0.1, 0.15) is 0 Å². The van der Waals surface area contributed by atoms with E-state index in [-0.39, 0.29) is 17.2 Å². The van der Waals surface area contributed by atoms with E-state index in [9.17, 15) is 10.1 Å². The van der Waals surface area contributed by atoms with Crippen molar-refractivity contribution in [2.45, 2.75) is 0 Å². The van der Waals surface area contributed by atoms with Crippen LogP contribution in [0.25, 0.3) is 11.3 Å². The van der Waals surface area contributed by atoms with Crippen molar-refractivity contribution in [2.24, 2.45) is 0 Å². The molecular formula is C12H12N4O4. The molecule has 8 nitrogen and oxygen atoms in total. The Morgan fingerprint density at radius 2 is 2.00 bits per heavy atom. The molecule has 1 heterocycles. The minimum atomic E-state index is -0.621. The average Bonchev–Trinajstić information content (AvgIpc) is 2.45. The molecule has 104 valence electrons. The maximum Gasteiger partial charge on any atom is 0.337 e. The van der Waals surface area contributed by atoms with Crippen molar-refractivity contribution in [1.29, 1.82) is 0 Å². The molecular weight excluding hydrogens is 264 g/mol. The van der Waals surface area contributed by atoms with Crippen molar-refractivity contribution in [3.8, 4) is 22.8 Å². The quantitative estimate of drug-likeness (QED) is 0.667. The number of methoxy groups -OCH3 is 2. The van der Waals surface area contributed by atoms with Crippen molar-refractivity contribution >= 4 is 11.5 Å². The number of benzene rings is 1. The lowest BCUT2D eigenvalue weighted by Crippen LogP contribution is -2.03. The fraction of sp³-hybridized carbons (Fsp3) is 0.167. The van der Waals surface area contributed by atoms with Crippen LogP contribution in [0.5, 0.6) is 11.5 Å². The zero-order chi connectivity index (χ0) is 14.7. The first-order valence-electron chi connectivity index (χ1n) is 5.56. The highest BCUT2D eigenvalue weighted by Crippen LogP contribution is 2.41. The Bertz CT molecular complexity index is 660. The molecule has 0 aliphatic carbocycles. The van der Waals surface area contributed by atoms with E-state index in [1.165, 1.54) is 14.2 Å². The van der Waals surface area contributed by atoms with Gasteiger partial charge in [0.15, 0.2) is 17.2 Å². The average molecular weight is 276 g/mol. The molecule has 0 amide bonds. The Morgan fingerprint density at radius 1 is 1.25 bits per heavy atom. The maximum absolute atomic E-state index is 11.1. The summed E-state index contributed by atoms with van der Waals surface area (Å²) in [5, 5.41) is 11.1. The van der Waals surface area contributed by atoms with Crippen LogP contribution < -0.4 is 15.2 Å². The van der Waals surface area contributed by atoms with E-state index < -0.39 is 4.92 Å². The third kappa shape index (κ3) is 2.18. The zero-order valence-corrected chi connectivity index (χ0v) is 10.9. The molecule has 0 aliphatic heterocycles. The molecule has 1 aromatic carbocycles. The largest absolute Gasteiger partial charge is 0.493 e. The normalized spacial score (nSPS) is 10.1. The number of nitro groups is 1. The van der Waals surface area contributed by atoms with Gasteiger partial charge in [0.1, 0.15) is 6.33 Å². The molecule has 1 aromatic heterocycles. The predicted octanol–water partition coefficient (Wildman–Crippen LogP) is 1.65. The Labute approximate surface area is 114 Å². The molecule has 0 saturated carbocycles. The first-order chi connectivity index (χ1) is 9.60. The summed E-state index contributed by atoms with van der Waals surface area (Å²) in [5.41, 5.74) is 5.69. The van der Waals surface area contributed by atoms with Gasteiger partial charge in [0.05, 0.1) is 24.7 Å². The third-order valence-corrected chi connectivity index (χ3v) is 2.69. The minimum Gasteiger partial charge on any atom is -0.493 e. The van der Waals surface area contributed by atoms with E-state index in [0.29, 0.717) is 17.1 Å². The number of ether oxygens (including phenoxy) is 2. The second kappa shape index (κ2) is 5.39. The van der Waals surface area contributed by atoms with Gasteiger partial charge in [-0.05, 0) is 12.1 Å². The van der Waals surface area contributed by atoms with Crippen molar-refractivity contribution < 1.29 is 14.4 Å². The van der Waals surface area contributed by atoms with Crippen LogP contribution in [0.2, 0.25) is 0 Å². The molecule has 0 radical (unpaired) electrons. The van der Waals surface area contributed by atoms with Gasteiger partial charge >= 0.3 is 5.69 Å². The van der Waals surface area contributed by atoms with Gasteiger partial charge in [-0.3, -0.25) is 10.1 Å². The number of hydrogen-bond acceptors (Lipinski definition) is 7. The second-order valence-corrected chi connectivity index (χ2v) is 3.75. The molecule has 2 aromatic rings. The molecule has 2 rings (SSSR count). The number of nitrogens with zero attached hydrogens (tertiary/aromatic N) is 3. The van der Waals surface area contributed by atoms with Crippen LogP contribution in [-0.2, 0) is 0 Å². The van der Waals surface area contributed by atoms with Gasteiger partial charge in [-0.25, -0.2) is 9.97 Å². The summed E-state index contributed by atoms with van der Waals surface area (Å²) in [5.74, 6) is 0.581. The fourth-order valence-electron chi connectivity index (χ4n) is 1.84. The van der Waals surface area contributed by atoms with Crippen molar-refractivity contribution in [3.05, 3.63) is 34.6 Å². The number of nitrogens with two attached hydrogens (primary N) is 1. The number of rotatable bonds is 4. The standard InChI is InChI=1S/C12H12N4O4/c1-19-8-5-3-4-7(11(8)20-2)9-10(16(17)18)12(13)15-6-14-9/h3-6H,1-2H3,(H2,13,14,15). The van der Waals surface area contributed by atoms with E-state index in [4.69, 9.17) is 15.2 Å². The van der Waals surface area contributed by atoms with Crippen LogP contribution >= 0.6 is 0 Å². The van der Waals surface area contributed by atoms with E-state index in [1.54, 1.807) is 18.2 Å². The number of nitrogen functional groups attached to an aromatic ring is 1. The van der Waals surface area contributed by atoms with E-state index in [0.717, 1.165) is 6.33 Å². The summed E-state index contributed by atoms with van der Waals surface area (Å²) in [7, 11) is 2.92. The number of anilines is 1. The molecule has 0 spiro atoms. The Kier molecular flexibility index (Phi) is 3.65. The highest BCUT2D eigenvalue weighted by molar-refractivity contribution is 5.81. The molecule has 0 bridgehead atoms. The topological polar surface area (TPSA) is 113 Å². The van der Waals surface area contributed by atoms with Gasteiger partial charge in [0.2, 0.25) is 5.82 Å². The van der Waals surface area contributed by atoms with Gasteiger partial charge in [-0.1, -0.05) is 6.07 Å². The summed E-state index contributed by atoms with van der Waals surface area (Å²) in [6, 6.07) is 4.99.